The van der Waals surface area contributed by atoms with Crippen molar-refractivity contribution in [2.75, 3.05) is 19.7 Å². The van der Waals surface area contributed by atoms with Crippen molar-refractivity contribution in [1.29, 1.82) is 0 Å². The third-order valence-electron chi connectivity index (χ3n) is 0.813. The van der Waals surface area contributed by atoms with Crippen molar-refractivity contribution in [1.82, 2.24) is 0 Å². The highest BCUT2D eigenvalue weighted by atomic mass is 31.2. The molecule has 0 aromatic rings. The number of hydrogen-bond acceptors (Lipinski definition) is 4. The van der Waals surface area contributed by atoms with Gasteiger partial charge >= 0.3 is 7.82 Å². The normalized spacial score (nSPS) is 45.3. The average Bonchev–Trinajstić information content (AvgIpc) is 2.68. The van der Waals surface area contributed by atoms with Gasteiger partial charge in [-0.05, 0) is 19.1 Å². The lowest BCUT2D eigenvalue weighted by Crippen LogP contribution is -2.03. The topological polar surface area (TPSA) is 44.8 Å². The fourth-order valence-electron chi connectivity index (χ4n) is 0.369. The molecule has 0 heterocycles. The molecule has 0 fully saturated rings. The van der Waals surface area contributed by atoms with Gasteiger partial charge in [0.2, 0.25) is 0 Å². The second-order valence-corrected chi connectivity index (χ2v) is 3.22. The van der Waals surface area contributed by atoms with Crippen LogP contribution in [0.3, 0.4) is 0 Å². The van der Waals surface area contributed by atoms with Gasteiger partial charge in [-0.2, -0.15) is 0 Å². The van der Waals surface area contributed by atoms with E-state index in [0.29, 0.717) is 0 Å². The minimum Gasteiger partial charge on any atom is -0.287 e. The number of hydrogen-bond donors (Lipinski definition) is 0. The predicted octanol–water partition coefficient (Wildman–Crippen LogP) is 4.54. The second kappa shape index (κ2) is 11.2. The predicted molar refractivity (Wildman–Crippen MR) is 70.2 cm³/mol. The molecule has 0 atom stereocenters. The number of phosphoric acid groups is 1. The van der Waals surface area contributed by atoms with E-state index >= 15 is 0 Å². The van der Waals surface area contributed by atoms with E-state index in [-0.39, 0.29) is 0 Å². The highest BCUT2D eigenvalue weighted by Crippen LogP contribution is 2.49. The SMILES string of the molecule is [2H]C([2H])([2H])C([2H])([2H])C([2H])([2H])C([2H])([2H])OP(=O)(OC([2H])([2H])C([2H])([2H])C([2H])([2H])C([2H])([2H])[2H])OC([2H])([2H])C([2H])([2H])C([2H])([2H])C([2H])([2H])[2H]. The van der Waals surface area contributed by atoms with Crippen LogP contribution in [0.15, 0.2) is 0 Å². The van der Waals surface area contributed by atoms with Gasteiger partial charge in [-0.25, -0.2) is 4.57 Å². The molecule has 0 amide bonds. The first-order valence-corrected chi connectivity index (χ1v) is 5.05. The molecule has 4 nitrogen and oxygen atoms in total. The minimum atomic E-state index is -7.13. The molecule has 0 aliphatic heterocycles. The van der Waals surface area contributed by atoms with Crippen molar-refractivity contribution in [2.45, 2.75) is 58.8 Å². The zero-order chi connectivity index (χ0) is 36.6. The third kappa shape index (κ3) is 9.78. The number of rotatable bonds is 12. The molecular formula is C12H27O4P. The third-order valence-corrected chi connectivity index (χ3v) is 1.76. The Labute approximate surface area is 144 Å². The van der Waals surface area contributed by atoms with Crippen molar-refractivity contribution in [2.24, 2.45) is 0 Å². The summed E-state index contributed by atoms with van der Waals surface area (Å²) in [6.07, 6.45) is -26.8. The Bertz CT molecular complexity index is 947. The van der Waals surface area contributed by atoms with Gasteiger partial charge in [0.05, 0.1) is 27.9 Å². The standard InChI is InChI=1S/C12H27O4P/c1-4-7-10-14-17(13,15-11-8-5-2)16-12-9-6-3/h4-12H2,1-3H3/i1D3,2D3,3D3,4D2,5D2,6D2,7D2,8D2,9D2,10D2,11D2,12D2. The van der Waals surface area contributed by atoms with Crippen molar-refractivity contribution in [3.8, 4) is 0 Å². The minimum absolute atomic E-state index is 4.07. The summed E-state index contributed by atoms with van der Waals surface area (Å²) in [5.41, 5.74) is 0. The lowest BCUT2D eigenvalue weighted by Gasteiger charge is -2.17. The van der Waals surface area contributed by atoms with Gasteiger partial charge in [0, 0.05) is 28.8 Å². The van der Waals surface area contributed by atoms with E-state index in [0.717, 1.165) is 0 Å². The highest BCUT2D eigenvalue weighted by Gasteiger charge is 2.25. The molecular weight excluding hydrogens is 239 g/mol. The van der Waals surface area contributed by atoms with Gasteiger partial charge in [0.1, 0.15) is 0 Å². The molecule has 17 heavy (non-hydrogen) atoms. The van der Waals surface area contributed by atoms with Crippen LogP contribution in [0, 0.1) is 0 Å². The van der Waals surface area contributed by atoms with Crippen LogP contribution in [0.25, 0.3) is 0 Å². The number of phosphoric ester groups is 1. The molecule has 0 rings (SSSR count). The van der Waals surface area contributed by atoms with E-state index in [1.165, 1.54) is 0 Å². The van der Waals surface area contributed by atoms with Crippen LogP contribution in [-0.4, -0.2) is 19.7 Å². The smallest absolute Gasteiger partial charge is 0.287 e. The summed E-state index contributed by atoms with van der Waals surface area (Å²) in [5, 5.41) is 0. The fraction of sp³-hybridized carbons (Fsp3) is 1.00. The summed E-state index contributed by atoms with van der Waals surface area (Å²) in [6, 6.07) is 0. The molecule has 0 aromatic carbocycles. The van der Waals surface area contributed by atoms with E-state index in [1.807, 2.05) is 0 Å². The Hall–Kier alpha value is 0.110. The first-order chi connectivity index (χ1) is 18.4. The summed E-state index contributed by atoms with van der Waals surface area (Å²) in [5.74, 6) is 0. The van der Waals surface area contributed by atoms with Crippen LogP contribution in [-0.2, 0) is 18.1 Å². The van der Waals surface area contributed by atoms with Gasteiger partial charge in [-0.15, -0.1) is 0 Å². The quantitative estimate of drug-likeness (QED) is 0.495. The van der Waals surface area contributed by atoms with Gasteiger partial charge in [-0.3, -0.25) is 13.6 Å². The molecule has 0 N–H and O–H groups in total. The molecule has 0 unspecified atom stereocenters. The Morgan fingerprint density at radius 3 is 1.53 bits per heavy atom. The monoisotopic (exact) mass is 293 g/mol. The lowest BCUT2D eigenvalue weighted by atomic mass is 10.4. The molecule has 0 aliphatic rings. The average molecular weight is 293 g/mol. The van der Waals surface area contributed by atoms with Gasteiger partial charge in [0.15, 0.2) is 0 Å². The first-order valence-electron chi connectivity index (χ1n) is 17.1. The van der Waals surface area contributed by atoms with Crippen molar-refractivity contribution < 1.29 is 55.1 Å². The van der Waals surface area contributed by atoms with Crippen molar-refractivity contribution in [3.63, 3.8) is 0 Å². The van der Waals surface area contributed by atoms with Crippen LogP contribution < -0.4 is 0 Å². The molecule has 0 aliphatic carbocycles. The molecule has 5 heteroatoms. The summed E-state index contributed by atoms with van der Waals surface area (Å²) in [6.45, 7) is -26.5. The molecule has 0 spiro atoms. The maximum absolute atomic E-state index is 13.7. The van der Waals surface area contributed by atoms with E-state index in [9.17, 15) is 4.57 Å². The largest absolute Gasteiger partial charge is 0.474 e. The molecule has 0 bridgehead atoms. The molecule has 0 radical (unpaired) electrons. The molecule has 0 saturated carbocycles. The maximum atomic E-state index is 13.7. The lowest BCUT2D eigenvalue weighted by molar-refractivity contribution is 0.110. The van der Waals surface area contributed by atoms with E-state index in [4.69, 9.17) is 37.0 Å². The maximum Gasteiger partial charge on any atom is 0.474 e. The first kappa shape index (κ1) is 2.39. The molecule has 0 aromatic heterocycles. The highest BCUT2D eigenvalue weighted by molar-refractivity contribution is 7.48. The second-order valence-electron chi connectivity index (χ2n) is 1.78. The van der Waals surface area contributed by atoms with Crippen LogP contribution in [0.1, 0.15) is 95.8 Å². The summed E-state index contributed by atoms with van der Waals surface area (Å²) < 4.78 is 229. The summed E-state index contributed by atoms with van der Waals surface area (Å²) in [4.78, 5) is 0. The zero-order valence-corrected chi connectivity index (χ0v) is 8.97. The van der Waals surface area contributed by atoms with Gasteiger partial charge < -0.3 is 0 Å². The Balaban J connectivity index is 7.53. The molecule has 0 saturated heterocycles. The van der Waals surface area contributed by atoms with Crippen molar-refractivity contribution in [3.05, 3.63) is 0 Å². The Morgan fingerprint density at radius 1 is 0.882 bits per heavy atom. The van der Waals surface area contributed by atoms with Crippen LogP contribution in [0.4, 0.5) is 0 Å². The Kier molecular flexibility index (Phi) is 1.58. The Morgan fingerprint density at radius 2 is 1.24 bits per heavy atom. The van der Waals surface area contributed by atoms with E-state index < -0.39 is 86.3 Å². The van der Waals surface area contributed by atoms with E-state index in [2.05, 4.69) is 13.6 Å². The van der Waals surface area contributed by atoms with E-state index in [1.54, 1.807) is 0 Å². The van der Waals surface area contributed by atoms with Gasteiger partial charge in [0.25, 0.3) is 0 Å². The molecule has 104 valence electrons. The summed E-state index contributed by atoms with van der Waals surface area (Å²) in [7, 11) is -7.13. The van der Waals surface area contributed by atoms with Crippen LogP contribution in [0.2, 0.25) is 0 Å². The zero-order valence-electron chi connectivity index (χ0n) is 35.1. The van der Waals surface area contributed by atoms with Crippen molar-refractivity contribution >= 4 is 7.82 Å². The summed E-state index contributed by atoms with van der Waals surface area (Å²) >= 11 is 0. The fourth-order valence-corrected chi connectivity index (χ4v) is 0.953. The van der Waals surface area contributed by atoms with Crippen LogP contribution in [0.5, 0.6) is 0 Å². The van der Waals surface area contributed by atoms with Gasteiger partial charge in [-0.1, -0.05) is 39.7 Å². The van der Waals surface area contributed by atoms with Crippen LogP contribution >= 0.6 is 7.82 Å².